The number of aryl methyl sites for hydroxylation is 1. The molecule has 2 nitrogen and oxygen atoms in total. The molecule has 0 atom stereocenters. The molecule has 0 aliphatic rings. The molecular weight excluding hydrogens is 278 g/mol. The summed E-state index contributed by atoms with van der Waals surface area (Å²) in [4.78, 5) is 0.995. The zero-order chi connectivity index (χ0) is 13.7. The van der Waals surface area contributed by atoms with E-state index in [0.29, 0.717) is 6.61 Å². The first-order valence-corrected chi connectivity index (χ1v) is 7.39. The smallest absolute Gasteiger partial charge is 0.119 e. The van der Waals surface area contributed by atoms with Gasteiger partial charge in [-0.1, -0.05) is 23.7 Å². The summed E-state index contributed by atoms with van der Waals surface area (Å²) in [6.07, 6.45) is 0. The number of halogens is 1. The molecule has 4 heteroatoms. The molecule has 0 saturated carbocycles. The summed E-state index contributed by atoms with van der Waals surface area (Å²) in [5.41, 5.74) is 7.66. The molecule has 2 aromatic rings. The van der Waals surface area contributed by atoms with Gasteiger partial charge in [0.1, 0.15) is 5.75 Å². The number of anilines is 1. The Morgan fingerprint density at radius 1 is 1.21 bits per heavy atom. The molecule has 0 spiro atoms. The second kappa shape index (κ2) is 6.73. The third-order valence-corrected chi connectivity index (χ3v) is 4.02. The lowest BCUT2D eigenvalue weighted by atomic mass is 10.2. The van der Waals surface area contributed by atoms with Crippen LogP contribution in [0, 0.1) is 6.92 Å². The Labute approximate surface area is 122 Å². The predicted octanol–water partition coefficient (Wildman–Crippen LogP) is 4.40. The van der Waals surface area contributed by atoms with Gasteiger partial charge in [0.15, 0.2) is 0 Å². The van der Waals surface area contributed by atoms with Crippen molar-refractivity contribution in [1.82, 2.24) is 0 Å². The quantitative estimate of drug-likeness (QED) is 0.504. The highest BCUT2D eigenvalue weighted by atomic mass is 35.5. The lowest BCUT2D eigenvalue weighted by Gasteiger charge is -2.08. The van der Waals surface area contributed by atoms with E-state index in [1.165, 1.54) is 5.56 Å². The zero-order valence-electron chi connectivity index (χ0n) is 10.7. The number of thioether (sulfide) groups is 1. The zero-order valence-corrected chi connectivity index (χ0v) is 12.3. The van der Waals surface area contributed by atoms with Gasteiger partial charge in [-0.25, -0.2) is 0 Å². The van der Waals surface area contributed by atoms with E-state index in [0.717, 1.165) is 27.1 Å². The predicted molar refractivity (Wildman–Crippen MR) is 83.3 cm³/mol. The van der Waals surface area contributed by atoms with Crippen molar-refractivity contribution in [2.24, 2.45) is 0 Å². The molecule has 2 aromatic carbocycles. The lowest BCUT2D eigenvalue weighted by molar-refractivity contribution is 0.344. The third kappa shape index (κ3) is 4.37. The number of benzene rings is 2. The van der Waals surface area contributed by atoms with Crippen molar-refractivity contribution in [2.75, 3.05) is 18.1 Å². The van der Waals surface area contributed by atoms with Crippen LogP contribution in [-0.2, 0) is 0 Å². The van der Waals surface area contributed by atoms with E-state index in [-0.39, 0.29) is 0 Å². The molecule has 0 bridgehead atoms. The third-order valence-electron chi connectivity index (χ3n) is 2.55. The van der Waals surface area contributed by atoms with Crippen molar-refractivity contribution in [1.29, 1.82) is 0 Å². The van der Waals surface area contributed by atoms with Crippen LogP contribution in [0.2, 0.25) is 5.02 Å². The molecule has 2 N–H and O–H groups in total. The van der Waals surface area contributed by atoms with Crippen LogP contribution in [0.25, 0.3) is 0 Å². The Balaban J connectivity index is 1.82. The highest BCUT2D eigenvalue weighted by Crippen LogP contribution is 2.28. The largest absolute Gasteiger partial charge is 0.493 e. The number of hydrogen-bond donors (Lipinski definition) is 1. The van der Waals surface area contributed by atoms with Gasteiger partial charge in [-0.05, 0) is 42.8 Å². The van der Waals surface area contributed by atoms with Gasteiger partial charge in [-0.15, -0.1) is 11.8 Å². The van der Waals surface area contributed by atoms with E-state index in [4.69, 9.17) is 22.1 Å². The standard InChI is InChI=1S/C15H16ClNOS/c1-11-3-2-4-13(9-11)18-7-8-19-15-10-12(17)5-6-14(15)16/h2-6,9-10H,7-8,17H2,1H3. The van der Waals surface area contributed by atoms with Gasteiger partial charge in [0, 0.05) is 16.3 Å². The molecule has 0 radical (unpaired) electrons. The molecule has 0 aromatic heterocycles. The molecule has 19 heavy (non-hydrogen) atoms. The van der Waals surface area contributed by atoms with Crippen LogP contribution in [0.4, 0.5) is 5.69 Å². The molecule has 0 saturated heterocycles. The molecular formula is C15H16ClNOS. The van der Waals surface area contributed by atoms with Crippen LogP contribution in [0.5, 0.6) is 5.75 Å². The van der Waals surface area contributed by atoms with E-state index >= 15 is 0 Å². The van der Waals surface area contributed by atoms with E-state index < -0.39 is 0 Å². The topological polar surface area (TPSA) is 35.2 Å². The Morgan fingerprint density at radius 3 is 2.84 bits per heavy atom. The minimum Gasteiger partial charge on any atom is -0.493 e. The molecule has 0 aliphatic heterocycles. The Hall–Kier alpha value is -1.32. The molecule has 0 unspecified atom stereocenters. The highest BCUT2D eigenvalue weighted by molar-refractivity contribution is 7.99. The van der Waals surface area contributed by atoms with Gasteiger partial charge in [0.05, 0.1) is 11.6 Å². The van der Waals surface area contributed by atoms with Crippen LogP contribution < -0.4 is 10.5 Å². The Bertz CT molecular complexity index is 560. The maximum atomic E-state index is 6.10. The summed E-state index contributed by atoms with van der Waals surface area (Å²) >= 11 is 7.74. The number of nitrogen functional groups attached to an aromatic ring is 1. The van der Waals surface area contributed by atoms with Crippen LogP contribution in [0.15, 0.2) is 47.4 Å². The Morgan fingerprint density at radius 2 is 2.05 bits per heavy atom. The van der Waals surface area contributed by atoms with Crippen LogP contribution in [0.1, 0.15) is 5.56 Å². The fourth-order valence-electron chi connectivity index (χ4n) is 1.65. The summed E-state index contributed by atoms with van der Waals surface area (Å²) in [6, 6.07) is 13.5. The minimum absolute atomic E-state index is 0.638. The van der Waals surface area contributed by atoms with E-state index in [1.807, 2.05) is 43.3 Å². The van der Waals surface area contributed by atoms with Crippen molar-refractivity contribution in [3.8, 4) is 5.75 Å². The second-order valence-corrected chi connectivity index (χ2v) is 5.75. The highest BCUT2D eigenvalue weighted by Gasteiger charge is 2.02. The van der Waals surface area contributed by atoms with Gasteiger partial charge in [0.2, 0.25) is 0 Å². The summed E-state index contributed by atoms with van der Waals surface area (Å²) in [6.45, 7) is 2.69. The monoisotopic (exact) mass is 293 g/mol. The molecule has 0 heterocycles. The summed E-state index contributed by atoms with van der Waals surface area (Å²) in [7, 11) is 0. The SMILES string of the molecule is Cc1cccc(OCCSc2cc(N)ccc2Cl)c1. The maximum Gasteiger partial charge on any atom is 0.119 e. The average molecular weight is 294 g/mol. The molecule has 100 valence electrons. The Kier molecular flexibility index (Phi) is 5.00. The van der Waals surface area contributed by atoms with Gasteiger partial charge in [0.25, 0.3) is 0 Å². The number of nitrogens with two attached hydrogens (primary N) is 1. The minimum atomic E-state index is 0.638. The van der Waals surface area contributed by atoms with Crippen molar-refractivity contribution in [3.63, 3.8) is 0 Å². The normalized spacial score (nSPS) is 10.4. The fraction of sp³-hybridized carbons (Fsp3) is 0.200. The number of ether oxygens (including phenoxy) is 1. The van der Waals surface area contributed by atoms with Crippen molar-refractivity contribution in [3.05, 3.63) is 53.1 Å². The van der Waals surface area contributed by atoms with Gasteiger partial charge in [-0.2, -0.15) is 0 Å². The first-order valence-electron chi connectivity index (χ1n) is 6.02. The van der Waals surface area contributed by atoms with Crippen LogP contribution in [0.3, 0.4) is 0 Å². The van der Waals surface area contributed by atoms with Crippen LogP contribution in [-0.4, -0.2) is 12.4 Å². The van der Waals surface area contributed by atoms with E-state index in [9.17, 15) is 0 Å². The number of rotatable bonds is 5. The van der Waals surface area contributed by atoms with Crippen molar-refractivity contribution >= 4 is 29.1 Å². The van der Waals surface area contributed by atoms with E-state index in [2.05, 4.69) is 0 Å². The van der Waals surface area contributed by atoms with Crippen LogP contribution >= 0.6 is 23.4 Å². The fourth-order valence-corrected chi connectivity index (χ4v) is 2.74. The first-order chi connectivity index (χ1) is 9.15. The molecule has 0 aliphatic carbocycles. The number of hydrogen-bond acceptors (Lipinski definition) is 3. The summed E-state index contributed by atoms with van der Waals surface area (Å²) in [5, 5.41) is 0.731. The molecule has 2 rings (SSSR count). The summed E-state index contributed by atoms with van der Waals surface area (Å²) < 4.78 is 5.68. The maximum absolute atomic E-state index is 6.10. The van der Waals surface area contributed by atoms with Gasteiger partial charge >= 0.3 is 0 Å². The average Bonchev–Trinajstić information content (AvgIpc) is 2.39. The second-order valence-electron chi connectivity index (χ2n) is 4.20. The summed E-state index contributed by atoms with van der Waals surface area (Å²) in [5.74, 6) is 1.73. The van der Waals surface area contributed by atoms with E-state index in [1.54, 1.807) is 17.8 Å². The first kappa shape index (κ1) is 14.1. The molecule has 0 amide bonds. The van der Waals surface area contributed by atoms with Gasteiger partial charge < -0.3 is 10.5 Å². The molecule has 0 fully saturated rings. The van der Waals surface area contributed by atoms with Crippen molar-refractivity contribution in [2.45, 2.75) is 11.8 Å². The lowest BCUT2D eigenvalue weighted by Crippen LogP contribution is -2.00. The van der Waals surface area contributed by atoms with Crippen molar-refractivity contribution < 1.29 is 4.74 Å². The van der Waals surface area contributed by atoms with Gasteiger partial charge in [-0.3, -0.25) is 0 Å².